The van der Waals surface area contributed by atoms with Gasteiger partial charge in [-0.05, 0) is 6.07 Å². The van der Waals surface area contributed by atoms with Gasteiger partial charge >= 0.3 is 6.18 Å². The lowest BCUT2D eigenvalue weighted by molar-refractivity contribution is -0.141. The summed E-state index contributed by atoms with van der Waals surface area (Å²) in [6, 6.07) is 2.16. The number of hydrogen-bond donors (Lipinski definition) is 1. The van der Waals surface area contributed by atoms with Crippen LogP contribution in [0.4, 0.5) is 18.9 Å². The molecule has 2 N–H and O–H groups in total. The molecule has 1 aromatic rings. The van der Waals surface area contributed by atoms with Crippen molar-refractivity contribution in [2.75, 3.05) is 5.73 Å². The minimum Gasteiger partial charge on any atom is -0.396 e. The highest BCUT2D eigenvalue weighted by Crippen LogP contribution is 2.28. The molecule has 0 bridgehead atoms. The van der Waals surface area contributed by atoms with Gasteiger partial charge in [-0.1, -0.05) is 0 Å². The average molecular weight is 187 g/mol. The van der Waals surface area contributed by atoms with E-state index >= 15 is 0 Å². The molecule has 6 heteroatoms. The normalized spacial score (nSPS) is 10.9. The summed E-state index contributed by atoms with van der Waals surface area (Å²) in [6.07, 6.45) is -3.72. The number of rotatable bonds is 0. The molecule has 1 heterocycles. The van der Waals surface area contributed by atoms with Crippen LogP contribution in [0.25, 0.3) is 0 Å². The van der Waals surface area contributed by atoms with Crippen LogP contribution in [0.5, 0.6) is 0 Å². The first-order valence-corrected chi connectivity index (χ1v) is 3.18. The molecule has 0 atom stereocenters. The number of hydrogen-bond acceptors (Lipinski definition) is 3. The van der Waals surface area contributed by atoms with Crippen molar-refractivity contribution < 1.29 is 13.2 Å². The number of nitrogens with two attached hydrogens (primary N) is 1. The van der Waals surface area contributed by atoms with E-state index in [1.807, 2.05) is 0 Å². The lowest BCUT2D eigenvalue weighted by Crippen LogP contribution is -2.09. The van der Waals surface area contributed by atoms with E-state index in [-0.39, 0.29) is 11.3 Å². The number of nitriles is 1. The van der Waals surface area contributed by atoms with E-state index < -0.39 is 11.9 Å². The van der Waals surface area contributed by atoms with Crippen LogP contribution >= 0.6 is 0 Å². The van der Waals surface area contributed by atoms with Gasteiger partial charge in [-0.2, -0.15) is 18.4 Å². The Morgan fingerprint density at radius 3 is 2.54 bits per heavy atom. The van der Waals surface area contributed by atoms with E-state index in [0.717, 1.165) is 6.20 Å². The first-order valence-electron chi connectivity index (χ1n) is 3.18. The van der Waals surface area contributed by atoms with Gasteiger partial charge in [0.05, 0.1) is 17.4 Å². The molecular formula is C7H4F3N3. The summed E-state index contributed by atoms with van der Waals surface area (Å²) in [5.41, 5.74) is 3.80. The Labute approximate surface area is 71.6 Å². The number of nitrogens with zero attached hydrogens (tertiary/aromatic N) is 2. The third kappa shape index (κ3) is 1.87. The first-order chi connectivity index (χ1) is 5.95. The number of alkyl halides is 3. The van der Waals surface area contributed by atoms with Crippen LogP contribution in [0.1, 0.15) is 11.3 Å². The second-order valence-corrected chi connectivity index (χ2v) is 2.27. The highest BCUT2D eigenvalue weighted by atomic mass is 19.4. The van der Waals surface area contributed by atoms with Crippen LogP contribution in [0.3, 0.4) is 0 Å². The Morgan fingerprint density at radius 2 is 2.08 bits per heavy atom. The molecule has 0 aliphatic heterocycles. The summed E-state index contributed by atoms with van der Waals surface area (Å²) < 4.78 is 36.1. The maximum Gasteiger partial charge on any atom is 0.433 e. The highest BCUT2D eigenvalue weighted by molar-refractivity contribution is 5.52. The van der Waals surface area contributed by atoms with Gasteiger partial charge in [-0.3, -0.25) is 0 Å². The van der Waals surface area contributed by atoms with E-state index in [4.69, 9.17) is 11.0 Å². The molecule has 13 heavy (non-hydrogen) atoms. The topological polar surface area (TPSA) is 62.7 Å². The van der Waals surface area contributed by atoms with Crippen molar-refractivity contribution in [1.82, 2.24) is 4.98 Å². The number of nitrogen functional groups attached to an aromatic ring is 1. The minimum absolute atomic E-state index is 0.0597. The largest absolute Gasteiger partial charge is 0.433 e. The summed E-state index contributed by atoms with van der Waals surface area (Å²) in [5, 5.41) is 8.38. The van der Waals surface area contributed by atoms with Gasteiger partial charge in [-0.15, -0.1) is 0 Å². The van der Waals surface area contributed by atoms with Crippen LogP contribution in [-0.2, 0) is 6.18 Å². The Balaban J connectivity index is 3.24. The van der Waals surface area contributed by atoms with Crippen molar-refractivity contribution in [1.29, 1.82) is 5.26 Å². The zero-order chi connectivity index (χ0) is 10.1. The van der Waals surface area contributed by atoms with Crippen molar-refractivity contribution >= 4 is 5.69 Å². The van der Waals surface area contributed by atoms with Crippen LogP contribution in [0.15, 0.2) is 12.3 Å². The molecule has 0 saturated heterocycles. The molecule has 3 nitrogen and oxygen atoms in total. The van der Waals surface area contributed by atoms with Gasteiger partial charge in [0.1, 0.15) is 11.8 Å². The second kappa shape index (κ2) is 2.94. The second-order valence-electron chi connectivity index (χ2n) is 2.27. The summed E-state index contributed by atoms with van der Waals surface area (Å²) in [5.74, 6) is 0. The van der Waals surface area contributed by atoms with E-state index in [2.05, 4.69) is 4.98 Å². The molecule has 0 aliphatic rings. The van der Waals surface area contributed by atoms with E-state index in [0.29, 0.717) is 6.07 Å². The molecule has 0 fully saturated rings. The Hall–Kier alpha value is -1.77. The molecule has 0 saturated carbocycles. The maximum absolute atomic E-state index is 12.0. The number of anilines is 1. The Bertz CT molecular complexity index is 364. The van der Waals surface area contributed by atoms with Crippen molar-refractivity contribution in [2.45, 2.75) is 6.18 Å². The molecule has 0 radical (unpaired) electrons. The highest BCUT2D eigenvalue weighted by Gasteiger charge is 2.32. The molecule has 1 aromatic heterocycles. The van der Waals surface area contributed by atoms with Crippen molar-refractivity contribution in [2.24, 2.45) is 0 Å². The van der Waals surface area contributed by atoms with Crippen LogP contribution in [0, 0.1) is 11.3 Å². The number of halogens is 3. The monoisotopic (exact) mass is 187 g/mol. The fourth-order valence-corrected chi connectivity index (χ4v) is 0.718. The molecule has 68 valence electrons. The van der Waals surface area contributed by atoms with E-state index in [9.17, 15) is 13.2 Å². The predicted octanol–water partition coefficient (Wildman–Crippen LogP) is 1.55. The quantitative estimate of drug-likeness (QED) is 0.670. The maximum atomic E-state index is 12.0. The Kier molecular flexibility index (Phi) is 2.10. The summed E-state index contributed by atoms with van der Waals surface area (Å²) in [4.78, 5) is 3.06. The van der Waals surface area contributed by atoms with Crippen LogP contribution in [0.2, 0.25) is 0 Å². The van der Waals surface area contributed by atoms with Gasteiger partial charge in [-0.25, -0.2) is 4.98 Å². The van der Waals surface area contributed by atoms with E-state index in [1.54, 1.807) is 6.07 Å². The van der Waals surface area contributed by atoms with Crippen LogP contribution in [-0.4, -0.2) is 4.98 Å². The first kappa shape index (κ1) is 9.32. The fraction of sp³-hybridized carbons (Fsp3) is 0.143. The third-order valence-electron chi connectivity index (χ3n) is 1.35. The zero-order valence-electron chi connectivity index (χ0n) is 6.26. The lowest BCUT2D eigenvalue weighted by atomic mass is 10.2. The molecule has 0 spiro atoms. The predicted molar refractivity (Wildman–Crippen MR) is 38.4 cm³/mol. The molecule has 0 unspecified atom stereocenters. The number of aromatic nitrogens is 1. The molecule has 1 rings (SSSR count). The number of pyridine rings is 1. The summed E-state index contributed by atoms with van der Waals surface area (Å²) in [6.45, 7) is 0. The lowest BCUT2D eigenvalue weighted by Gasteiger charge is -2.05. The molecule has 0 aromatic carbocycles. The van der Waals surface area contributed by atoms with Gasteiger partial charge < -0.3 is 5.73 Å². The average Bonchev–Trinajstić information content (AvgIpc) is 2.03. The minimum atomic E-state index is -4.54. The molecular weight excluding hydrogens is 183 g/mol. The van der Waals surface area contributed by atoms with Crippen molar-refractivity contribution in [3.63, 3.8) is 0 Å². The van der Waals surface area contributed by atoms with Crippen molar-refractivity contribution in [3.8, 4) is 6.07 Å². The van der Waals surface area contributed by atoms with E-state index in [1.165, 1.54) is 0 Å². The Morgan fingerprint density at radius 1 is 1.46 bits per heavy atom. The fourth-order valence-electron chi connectivity index (χ4n) is 0.718. The standard InChI is InChI=1S/C7H4F3N3/c8-7(9,10)6-1-4(2-11)5(12)3-13-6/h1,3H,12H2. The summed E-state index contributed by atoms with van der Waals surface area (Å²) >= 11 is 0. The van der Waals surface area contributed by atoms with Gasteiger partial charge in [0.15, 0.2) is 0 Å². The third-order valence-corrected chi connectivity index (χ3v) is 1.35. The van der Waals surface area contributed by atoms with Crippen molar-refractivity contribution in [3.05, 3.63) is 23.5 Å². The molecule has 0 aliphatic carbocycles. The SMILES string of the molecule is N#Cc1cc(C(F)(F)F)ncc1N. The van der Waals surface area contributed by atoms with Gasteiger partial charge in [0, 0.05) is 0 Å². The zero-order valence-corrected chi connectivity index (χ0v) is 6.26. The summed E-state index contributed by atoms with van der Waals surface area (Å²) in [7, 11) is 0. The molecule has 0 amide bonds. The van der Waals surface area contributed by atoms with Gasteiger partial charge in [0.25, 0.3) is 0 Å². The van der Waals surface area contributed by atoms with Gasteiger partial charge in [0.2, 0.25) is 0 Å². The smallest absolute Gasteiger partial charge is 0.396 e. The van der Waals surface area contributed by atoms with Crippen LogP contribution < -0.4 is 5.73 Å².